The number of rotatable bonds is 1. The predicted molar refractivity (Wildman–Crippen MR) is 50.2 cm³/mol. The third kappa shape index (κ3) is 1.20. The third-order valence-corrected chi connectivity index (χ3v) is 2.03. The second kappa shape index (κ2) is 2.65. The summed E-state index contributed by atoms with van der Waals surface area (Å²) < 4.78 is 5.44. The van der Waals surface area contributed by atoms with Gasteiger partial charge in [0.25, 0.3) is 0 Å². The second-order valence-corrected chi connectivity index (χ2v) is 3.02. The zero-order valence-electron chi connectivity index (χ0n) is 7.59. The SMILES string of the molecule is Cc1ccc(-c2[nH]nc(N)c2C)o1. The zero-order chi connectivity index (χ0) is 9.42. The van der Waals surface area contributed by atoms with Gasteiger partial charge < -0.3 is 10.2 Å². The summed E-state index contributed by atoms with van der Waals surface area (Å²) in [5.74, 6) is 2.17. The van der Waals surface area contributed by atoms with E-state index >= 15 is 0 Å². The lowest BCUT2D eigenvalue weighted by molar-refractivity contribution is 0.546. The quantitative estimate of drug-likeness (QED) is 0.698. The van der Waals surface area contributed by atoms with Gasteiger partial charge in [0.1, 0.15) is 17.3 Å². The topological polar surface area (TPSA) is 67.8 Å². The van der Waals surface area contributed by atoms with Gasteiger partial charge in [-0.05, 0) is 26.0 Å². The van der Waals surface area contributed by atoms with Crippen molar-refractivity contribution in [1.82, 2.24) is 10.2 Å². The summed E-state index contributed by atoms with van der Waals surface area (Å²) >= 11 is 0. The maximum atomic E-state index is 5.60. The standard InChI is InChI=1S/C9H11N3O/c1-5-3-4-7(13-5)8-6(2)9(10)12-11-8/h3-4H,1-2H3,(H3,10,11,12). The fraction of sp³-hybridized carbons (Fsp3) is 0.222. The minimum Gasteiger partial charge on any atom is -0.460 e. The third-order valence-electron chi connectivity index (χ3n) is 2.03. The molecule has 0 amide bonds. The average Bonchev–Trinajstić information content (AvgIpc) is 2.62. The number of nitrogens with zero attached hydrogens (tertiary/aromatic N) is 1. The van der Waals surface area contributed by atoms with Gasteiger partial charge >= 0.3 is 0 Å². The summed E-state index contributed by atoms with van der Waals surface area (Å²) in [6.07, 6.45) is 0. The monoisotopic (exact) mass is 177 g/mol. The van der Waals surface area contributed by atoms with Crippen LogP contribution in [0.3, 0.4) is 0 Å². The molecule has 2 rings (SSSR count). The molecule has 0 radical (unpaired) electrons. The molecule has 0 aromatic carbocycles. The number of H-pyrrole nitrogens is 1. The van der Waals surface area contributed by atoms with Crippen LogP contribution in [0.25, 0.3) is 11.5 Å². The van der Waals surface area contributed by atoms with Crippen molar-refractivity contribution in [3.8, 4) is 11.5 Å². The maximum absolute atomic E-state index is 5.60. The van der Waals surface area contributed by atoms with Crippen LogP contribution in [0.4, 0.5) is 5.82 Å². The molecule has 13 heavy (non-hydrogen) atoms. The van der Waals surface area contributed by atoms with Crippen LogP contribution in [0.1, 0.15) is 11.3 Å². The molecule has 0 aliphatic heterocycles. The molecular formula is C9H11N3O. The molecule has 68 valence electrons. The van der Waals surface area contributed by atoms with Gasteiger partial charge in [-0.3, -0.25) is 5.10 Å². The lowest BCUT2D eigenvalue weighted by atomic mass is 10.2. The van der Waals surface area contributed by atoms with Crippen molar-refractivity contribution in [1.29, 1.82) is 0 Å². The number of hydrogen-bond acceptors (Lipinski definition) is 3. The molecule has 2 aromatic heterocycles. The first kappa shape index (κ1) is 7.91. The molecular weight excluding hydrogens is 166 g/mol. The Morgan fingerprint density at radius 2 is 2.15 bits per heavy atom. The van der Waals surface area contributed by atoms with E-state index < -0.39 is 0 Å². The normalized spacial score (nSPS) is 10.6. The number of aromatic nitrogens is 2. The summed E-state index contributed by atoms with van der Waals surface area (Å²) in [4.78, 5) is 0. The molecule has 0 aliphatic carbocycles. The van der Waals surface area contributed by atoms with E-state index in [2.05, 4.69) is 10.2 Å². The molecule has 0 saturated carbocycles. The van der Waals surface area contributed by atoms with Gasteiger partial charge in [-0.2, -0.15) is 5.10 Å². The number of hydrogen-bond donors (Lipinski definition) is 2. The van der Waals surface area contributed by atoms with Crippen LogP contribution in [-0.2, 0) is 0 Å². The van der Waals surface area contributed by atoms with Crippen LogP contribution in [0.2, 0.25) is 0 Å². The Bertz CT molecular complexity index is 428. The molecule has 0 bridgehead atoms. The number of nitrogen functional groups attached to an aromatic ring is 1. The van der Waals surface area contributed by atoms with Crippen molar-refractivity contribution < 1.29 is 4.42 Å². The van der Waals surface area contributed by atoms with Gasteiger partial charge in [-0.25, -0.2) is 0 Å². The van der Waals surface area contributed by atoms with Crippen molar-refractivity contribution in [2.45, 2.75) is 13.8 Å². The molecule has 0 fully saturated rings. The van der Waals surface area contributed by atoms with Crippen LogP contribution >= 0.6 is 0 Å². The highest BCUT2D eigenvalue weighted by molar-refractivity contribution is 5.63. The highest BCUT2D eigenvalue weighted by atomic mass is 16.3. The summed E-state index contributed by atoms with van der Waals surface area (Å²) in [7, 11) is 0. The molecule has 4 nitrogen and oxygen atoms in total. The number of nitrogens with one attached hydrogen (secondary N) is 1. The Hall–Kier alpha value is -1.71. The first-order valence-electron chi connectivity index (χ1n) is 4.05. The molecule has 0 saturated heterocycles. The van der Waals surface area contributed by atoms with Gasteiger partial charge in [-0.15, -0.1) is 0 Å². The molecule has 3 N–H and O–H groups in total. The molecule has 0 unspecified atom stereocenters. The van der Waals surface area contributed by atoms with E-state index in [9.17, 15) is 0 Å². The van der Waals surface area contributed by atoms with Crippen LogP contribution in [0.5, 0.6) is 0 Å². The van der Waals surface area contributed by atoms with Crippen molar-refractivity contribution in [3.05, 3.63) is 23.5 Å². The zero-order valence-corrected chi connectivity index (χ0v) is 7.59. The summed E-state index contributed by atoms with van der Waals surface area (Å²) in [6.45, 7) is 3.81. The summed E-state index contributed by atoms with van der Waals surface area (Å²) in [5.41, 5.74) is 7.38. The van der Waals surface area contributed by atoms with Crippen molar-refractivity contribution >= 4 is 5.82 Å². The number of furan rings is 1. The molecule has 0 atom stereocenters. The average molecular weight is 177 g/mol. The van der Waals surface area contributed by atoms with Crippen LogP contribution in [0.15, 0.2) is 16.5 Å². The van der Waals surface area contributed by atoms with Gasteiger partial charge in [0.05, 0.1) is 0 Å². The Morgan fingerprint density at radius 1 is 1.38 bits per heavy atom. The Balaban J connectivity index is 2.52. The van der Waals surface area contributed by atoms with Crippen molar-refractivity contribution in [3.63, 3.8) is 0 Å². The Morgan fingerprint density at radius 3 is 2.62 bits per heavy atom. The first-order valence-corrected chi connectivity index (χ1v) is 4.05. The number of nitrogens with two attached hydrogens (primary N) is 1. The van der Waals surface area contributed by atoms with E-state index in [1.54, 1.807) is 0 Å². The molecule has 4 heteroatoms. The van der Waals surface area contributed by atoms with Crippen LogP contribution in [-0.4, -0.2) is 10.2 Å². The van der Waals surface area contributed by atoms with Crippen molar-refractivity contribution in [2.24, 2.45) is 0 Å². The van der Waals surface area contributed by atoms with E-state index in [1.165, 1.54) is 0 Å². The molecule has 0 spiro atoms. The summed E-state index contributed by atoms with van der Waals surface area (Å²) in [5, 5.41) is 6.73. The molecule has 2 aromatic rings. The highest BCUT2D eigenvalue weighted by Gasteiger charge is 2.10. The van der Waals surface area contributed by atoms with E-state index in [-0.39, 0.29) is 0 Å². The van der Waals surface area contributed by atoms with Crippen LogP contribution in [0, 0.1) is 13.8 Å². The lowest BCUT2D eigenvalue weighted by Gasteiger charge is -1.92. The lowest BCUT2D eigenvalue weighted by Crippen LogP contribution is -1.85. The smallest absolute Gasteiger partial charge is 0.152 e. The largest absolute Gasteiger partial charge is 0.460 e. The van der Waals surface area contributed by atoms with Gasteiger partial charge in [0.2, 0.25) is 0 Å². The minimum absolute atomic E-state index is 0.518. The van der Waals surface area contributed by atoms with E-state index in [0.29, 0.717) is 5.82 Å². The fourth-order valence-corrected chi connectivity index (χ4v) is 1.22. The number of aryl methyl sites for hydroxylation is 1. The van der Waals surface area contributed by atoms with Crippen LogP contribution < -0.4 is 5.73 Å². The second-order valence-electron chi connectivity index (χ2n) is 3.02. The van der Waals surface area contributed by atoms with Gasteiger partial charge in [-0.1, -0.05) is 0 Å². The predicted octanol–water partition coefficient (Wildman–Crippen LogP) is 1.87. The van der Waals surface area contributed by atoms with E-state index in [4.69, 9.17) is 10.2 Å². The highest BCUT2D eigenvalue weighted by Crippen LogP contribution is 2.25. The number of anilines is 1. The van der Waals surface area contributed by atoms with E-state index in [1.807, 2.05) is 26.0 Å². The van der Waals surface area contributed by atoms with Crippen molar-refractivity contribution in [2.75, 3.05) is 5.73 Å². The maximum Gasteiger partial charge on any atom is 0.152 e. The first-order chi connectivity index (χ1) is 6.18. The molecule has 2 heterocycles. The number of aromatic amines is 1. The molecule has 0 aliphatic rings. The van der Waals surface area contributed by atoms with Gasteiger partial charge in [0.15, 0.2) is 5.76 Å². The Kier molecular flexibility index (Phi) is 1.62. The summed E-state index contributed by atoms with van der Waals surface area (Å²) in [6, 6.07) is 3.81. The fourth-order valence-electron chi connectivity index (χ4n) is 1.22. The minimum atomic E-state index is 0.518. The Labute approximate surface area is 75.7 Å². The van der Waals surface area contributed by atoms with Gasteiger partial charge in [0, 0.05) is 5.56 Å². The van der Waals surface area contributed by atoms with E-state index in [0.717, 1.165) is 22.8 Å².